The number of benzene rings is 2. The van der Waals surface area contributed by atoms with Gasteiger partial charge >= 0.3 is 5.97 Å². The van der Waals surface area contributed by atoms with Gasteiger partial charge in [-0.25, -0.2) is 4.79 Å². The first-order chi connectivity index (χ1) is 18.6. The van der Waals surface area contributed by atoms with Crippen molar-refractivity contribution in [3.05, 3.63) is 65.7 Å². The molecule has 0 aliphatic carbocycles. The van der Waals surface area contributed by atoms with E-state index < -0.39 is 54.5 Å². The number of nitrogens with one attached hydrogen (secondary N) is 3. The molecule has 39 heavy (non-hydrogen) atoms. The minimum atomic E-state index is -1.25. The lowest BCUT2D eigenvalue weighted by Crippen LogP contribution is -2.58. The zero-order valence-electron chi connectivity index (χ0n) is 21.6. The van der Waals surface area contributed by atoms with Gasteiger partial charge in [0.1, 0.15) is 29.9 Å². The lowest BCUT2D eigenvalue weighted by atomic mass is 10.0. The summed E-state index contributed by atoms with van der Waals surface area (Å²) in [6, 6.07) is 10.0. The van der Waals surface area contributed by atoms with Gasteiger partial charge in [0.05, 0.1) is 6.61 Å². The summed E-state index contributed by atoms with van der Waals surface area (Å²) >= 11 is 0. The Kier molecular flexibility index (Phi) is 12.9. The number of hydrogen-bond acceptors (Lipinski definition) is 8. The molecule has 0 aliphatic heterocycles. The highest BCUT2D eigenvalue weighted by molar-refractivity contribution is 5.94. The van der Waals surface area contributed by atoms with Crippen molar-refractivity contribution in [3.8, 4) is 5.75 Å². The summed E-state index contributed by atoms with van der Waals surface area (Å²) in [5.74, 6) is -3.39. The number of nitrogens with two attached hydrogens (primary N) is 2. The Bertz CT molecular complexity index is 1080. The van der Waals surface area contributed by atoms with Crippen molar-refractivity contribution in [2.24, 2.45) is 11.5 Å². The molecular formula is C27H37N5O7. The number of carboxylic acids is 1. The van der Waals surface area contributed by atoms with E-state index in [1.807, 2.05) is 0 Å². The lowest BCUT2D eigenvalue weighted by Gasteiger charge is -2.25. The van der Waals surface area contributed by atoms with E-state index in [0.29, 0.717) is 24.9 Å². The molecule has 0 radical (unpaired) electrons. The van der Waals surface area contributed by atoms with Crippen LogP contribution < -0.4 is 27.4 Å². The first kappa shape index (κ1) is 31.2. The van der Waals surface area contributed by atoms with Gasteiger partial charge in [0.25, 0.3) is 0 Å². The number of aliphatic carboxylic acids is 1. The van der Waals surface area contributed by atoms with Gasteiger partial charge in [-0.1, -0.05) is 42.5 Å². The molecule has 212 valence electrons. The molecule has 0 aromatic heterocycles. The normalized spacial score (nSPS) is 13.9. The number of carboxylic acid groups (broad SMARTS) is 1. The monoisotopic (exact) mass is 543 g/mol. The highest BCUT2D eigenvalue weighted by atomic mass is 16.4. The summed E-state index contributed by atoms with van der Waals surface area (Å²) in [6.07, 6.45) is 1.28. The number of aliphatic hydroxyl groups excluding tert-OH is 1. The molecule has 0 aliphatic rings. The van der Waals surface area contributed by atoms with Gasteiger partial charge < -0.3 is 42.7 Å². The van der Waals surface area contributed by atoms with Gasteiger partial charge in [0, 0.05) is 12.8 Å². The number of phenolic OH excluding ortho intramolecular Hbond substituents is 1. The zero-order chi connectivity index (χ0) is 28.8. The Morgan fingerprint density at radius 1 is 0.744 bits per heavy atom. The van der Waals surface area contributed by atoms with Crippen molar-refractivity contribution in [2.45, 2.75) is 56.3 Å². The third-order valence-electron chi connectivity index (χ3n) is 6.02. The number of phenols is 1. The van der Waals surface area contributed by atoms with Crippen LogP contribution in [0, 0.1) is 0 Å². The van der Waals surface area contributed by atoms with E-state index in [2.05, 4.69) is 16.0 Å². The summed E-state index contributed by atoms with van der Waals surface area (Å²) in [4.78, 5) is 50.8. The van der Waals surface area contributed by atoms with Gasteiger partial charge in [-0.3, -0.25) is 14.4 Å². The summed E-state index contributed by atoms with van der Waals surface area (Å²) in [6.45, 7) is -0.244. The van der Waals surface area contributed by atoms with Crippen molar-refractivity contribution >= 4 is 23.7 Å². The lowest BCUT2D eigenvalue weighted by molar-refractivity contribution is -0.142. The van der Waals surface area contributed by atoms with Crippen LogP contribution in [-0.2, 0) is 32.0 Å². The summed E-state index contributed by atoms with van der Waals surface area (Å²) in [5.41, 5.74) is 12.4. The zero-order valence-corrected chi connectivity index (χ0v) is 21.6. The maximum atomic E-state index is 13.4. The maximum Gasteiger partial charge on any atom is 0.326 e. The second kappa shape index (κ2) is 16.1. The standard InChI is InChI=1S/C27H37N5O7/c28-13-5-4-8-21(27(38)39)30-25(36)23(15-18-9-11-19(34)12-10-18)32-26(37)22(31-24(35)20(29)16-33)14-17-6-2-1-3-7-17/h1-3,6-7,9-12,20-23,33-34H,4-5,8,13-16,28-29H2,(H,30,36)(H,31,35)(H,32,37)(H,38,39). The van der Waals surface area contributed by atoms with Crippen molar-refractivity contribution in [1.82, 2.24) is 16.0 Å². The molecule has 0 bridgehead atoms. The molecule has 10 N–H and O–H groups in total. The molecule has 12 nitrogen and oxygen atoms in total. The minimum absolute atomic E-state index is 0.0143. The van der Waals surface area contributed by atoms with Gasteiger partial charge in [-0.05, 0) is 49.1 Å². The maximum absolute atomic E-state index is 13.4. The SMILES string of the molecule is NCCCCC(NC(=O)C(Cc1ccc(O)cc1)NC(=O)C(Cc1ccccc1)NC(=O)C(N)CO)C(=O)O. The topological polar surface area (TPSA) is 217 Å². The van der Waals surface area contributed by atoms with Crippen LogP contribution in [0.25, 0.3) is 0 Å². The van der Waals surface area contributed by atoms with Crippen LogP contribution >= 0.6 is 0 Å². The number of rotatable bonds is 16. The van der Waals surface area contributed by atoms with E-state index >= 15 is 0 Å². The molecule has 0 saturated carbocycles. The second-order valence-corrected chi connectivity index (χ2v) is 9.16. The first-order valence-electron chi connectivity index (χ1n) is 12.7. The third-order valence-corrected chi connectivity index (χ3v) is 6.02. The Morgan fingerprint density at radius 3 is 1.77 bits per heavy atom. The molecule has 3 amide bonds. The van der Waals surface area contributed by atoms with Crippen LogP contribution in [0.4, 0.5) is 0 Å². The number of aliphatic hydroxyl groups is 1. The molecule has 2 aromatic carbocycles. The van der Waals surface area contributed by atoms with E-state index in [9.17, 15) is 34.5 Å². The molecule has 0 spiro atoms. The molecule has 0 fully saturated rings. The van der Waals surface area contributed by atoms with E-state index in [-0.39, 0.29) is 25.0 Å². The number of aromatic hydroxyl groups is 1. The van der Waals surface area contributed by atoms with E-state index in [1.54, 1.807) is 42.5 Å². The van der Waals surface area contributed by atoms with Crippen LogP contribution in [0.3, 0.4) is 0 Å². The summed E-state index contributed by atoms with van der Waals surface area (Å²) in [5, 5.41) is 36.1. The molecule has 0 heterocycles. The largest absolute Gasteiger partial charge is 0.508 e. The number of carbonyl (C=O) groups excluding carboxylic acids is 3. The van der Waals surface area contributed by atoms with Gasteiger partial charge in [-0.2, -0.15) is 0 Å². The van der Waals surface area contributed by atoms with Gasteiger partial charge in [0.15, 0.2) is 0 Å². The number of unbranched alkanes of at least 4 members (excludes halogenated alkanes) is 1. The van der Waals surface area contributed by atoms with E-state index in [1.165, 1.54) is 12.1 Å². The number of hydrogen-bond donors (Lipinski definition) is 8. The molecule has 2 aromatic rings. The van der Waals surface area contributed by atoms with Crippen LogP contribution in [0.5, 0.6) is 5.75 Å². The summed E-state index contributed by atoms with van der Waals surface area (Å²) < 4.78 is 0. The molecule has 4 atom stereocenters. The van der Waals surface area contributed by atoms with Crippen molar-refractivity contribution in [3.63, 3.8) is 0 Å². The predicted octanol–water partition coefficient (Wildman–Crippen LogP) is -0.835. The Balaban J connectivity index is 2.29. The average Bonchev–Trinajstić information content (AvgIpc) is 2.92. The second-order valence-electron chi connectivity index (χ2n) is 9.16. The molecule has 4 unspecified atom stereocenters. The smallest absolute Gasteiger partial charge is 0.326 e. The number of amides is 3. The van der Waals surface area contributed by atoms with Crippen molar-refractivity contribution in [2.75, 3.05) is 13.2 Å². The van der Waals surface area contributed by atoms with Crippen molar-refractivity contribution < 1.29 is 34.5 Å². The Morgan fingerprint density at radius 2 is 1.26 bits per heavy atom. The van der Waals surface area contributed by atoms with Gasteiger partial charge in [-0.15, -0.1) is 0 Å². The predicted molar refractivity (Wildman–Crippen MR) is 143 cm³/mol. The van der Waals surface area contributed by atoms with Crippen LogP contribution in [0.1, 0.15) is 30.4 Å². The van der Waals surface area contributed by atoms with E-state index in [0.717, 1.165) is 5.56 Å². The number of carbonyl (C=O) groups is 4. The minimum Gasteiger partial charge on any atom is -0.508 e. The van der Waals surface area contributed by atoms with Crippen LogP contribution in [-0.4, -0.2) is 76.3 Å². The molecule has 0 saturated heterocycles. The fraction of sp³-hybridized carbons (Fsp3) is 0.407. The highest BCUT2D eigenvalue weighted by Crippen LogP contribution is 2.13. The Hall–Kier alpha value is -4.00. The van der Waals surface area contributed by atoms with Crippen LogP contribution in [0.15, 0.2) is 54.6 Å². The van der Waals surface area contributed by atoms with Gasteiger partial charge in [0.2, 0.25) is 17.7 Å². The fourth-order valence-electron chi connectivity index (χ4n) is 3.79. The highest BCUT2D eigenvalue weighted by Gasteiger charge is 2.30. The fourth-order valence-corrected chi connectivity index (χ4v) is 3.79. The quantitative estimate of drug-likeness (QED) is 0.124. The third kappa shape index (κ3) is 10.7. The first-order valence-corrected chi connectivity index (χ1v) is 12.7. The Labute approximate surface area is 226 Å². The molecule has 12 heteroatoms. The molecule has 2 rings (SSSR count). The van der Waals surface area contributed by atoms with E-state index in [4.69, 9.17) is 11.5 Å². The molecular weight excluding hydrogens is 506 g/mol. The summed E-state index contributed by atoms with van der Waals surface area (Å²) in [7, 11) is 0. The van der Waals surface area contributed by atoms with Crippen LogP contribution in [0.2, 0.25) is 0 Å². The average molecular weight is 544 g/mol. The van der Waals surface area contributed by atoms with Crippen molar-refractivity contribution in [1.29, 1.82) is 0 Å².